The Morgan fingerprint density at radius 2 is 2.00 bits per heavy atom. The highest BCUT2D eigenvalue weighted by molar-refractivity contribution is 9.10. The highest BCUT2D eigenvalue weighted by Gasteiger charge is 2.38. The van der Waals surface area contributed by atoms with E-state index in [-0.39, 0.29) is 12.4 Å². The van der Waals surface area contributed by atoms with Crippen LogP contribution in [0, 0.1) is 0 Å². The van der Waals surface area contributed by atoms with Crippen LogP contribution in [-0.2, 0) is 12.0 Å². The summed E-state index contributed by atoms with van der Waals surface area (Å²) in [5.74, 6) is 0. The van der Waals surface area contributed by atoms with Crippen molar-refractivity contribution in [3.05, 3.63) is 45.4 Å². The van der Waals surface area contributed by atoms with Crippen molar-refractivity contribution in [1.29, 1.82) is 0 Å². The fourth-order valence-corrected chi connectivity index (χ4v) is 3.72. The van der Waals surface area contributed by atoms with E-state index in [4.69, 9.17) is 5.73 Å². The molecular formula is C15H19BrClN3S. The molecule has 2 aromatic rings. The summed E-state index contributed by atoms with van der Waals surface area (Å²) >= 11 is 5.06. The zero-order chi connectivity index (χ0) is 14.0. The standard InChI is InChI=1S/C15H18BrN3S.ClH/c16-12-4-2-11(3-5-12)15(6-1-7-15)10-18-8-13-9-19-14(17)20-13;/h2-5,9,18H,1,6-8,10H2,(H2,17,19);1H. The molecule has 0 aliphatic heterocycles. The van der Waals surface area contributed by atoms with Crippen molar-refractivity contribution in [1.82, 2.24) is 10.3 Å². The molecule has 0 spiro atoms. The maximum Gasteiger partial charge on any atom is 0.180 e. The van der Waals surface area contributed by atoms with Crippen LogP contribution in [-0.4, -0.2) is 11.5 Å². The molecule has 0 unspecified atom stereocenters. The van der Waals surface area contributed by atoms with Gasteiger partial charge in [-0.25, -0.2) is 4.98 Å². The fourth-order valence-electron chi connectivity index (χ4n) is 2.80. The van der Waals surface area contributed by atoms with Gasteiger partial charge in [0.25, 0.3) is 0 Å². The highest BCUT2D eigenvalue weighted by atomic mass is 79.9. The third-order valence-corrected chi connectivity index (χ3v) is 5.46. The van der Waals surface area contributed by atoms with Crippen LogP contribution in [0.1, 0.15) is 29.7 Å². The van der Waals surface area contributed by atoms with E-state index in [1.165, 1.54) is 29.7 Å². The minimum absolute atomic E-state index is 0. The van der Waals surface area contributed by atoms with Crippen LogP contribution < -0.4 is 11.1 Å². The Morgan fingerprint density at radius 1 is 1.29 bits per heavy atom. The van der Waals surface area contributed by atoms with Gasteiger partial charge in [-0.2, -0.15) is 0 Å². The van der Waals surface area contributed by atoms with Gasteiger partial charge in [0.05, 0.1) is 0 Å². The first-order chi connectivity index (χ1) is 9.68. The summed E-state index contributed by atoms with van der Waals surface area (Å²) in [7, 11) is 0. The van der Waals surface area contributed by atoms with Crippen LogP contribution in [0.2, 0.25) is 0 Å². The molecule has 21 heavy (non-hydrogen) atoms. The molecule has 0 atom stereocenters. The topological polar surface area (TPSA) is 50.9 Å². The van der Waals surface area contributed by atoms with E-state index in [2.05, 4.69) is 50.5 Å². The van der Waals surface area contributed by atoms with Crippen molar-refractivity contribution in [3.8, 4) is 0 Å². The molecule has 0 bridgehead atoms. The van der Waals surface area contributed by atoms with E-state index in [1.54, 1.807) is 11.3 Å². The van der Waals surface area contributed by atoms with Crippen LogP contribution in [0.15, 0.2) is 34.9 Å². The predicted molar refractivity (Wildman–Crippen MR) is 95.2 cm³/mol. The quantitative estimate of drug-likeness (QED) is 0.810. The molecule has 0 saturated heterocycles. The smallest absolute Gasteiger partial charge is 0.180 e. The second kappa shape index (κ2) is 7.09. The van der Waals surface area contributed by atoms with E-state index >= 15 is 0 Å². The average Bonchev–Trinajstić information content (AvgIpc) is 2.80. The Bertz CT molecular complexity index is 581. The fraction of sp³-hybridized carbons (Fsp3) is 0.400. The number of halogens is 2. The van der Waals surface area contributed by atoms with Crippen LogP contribution in [0.3, 0.4) is 0 Å². The van der Waals surface area contributed by atoms with Gasteiger partial charge in [-0.15, -0.1) is 23.7 Å². The number of hydrogen-bond donors (Lipinski definition) is 2. The second-order valence-corrected chi connectivity index (χ2v) is 7.47. The molecule has 3 N–H and O–H groups in total. The number of benzene rings is 1. The molecule has 1 aliphatic rings. The third kappa shape index (κ3) is 3.77. The molecule has 1 heterocycles. The van der Waals surface area contributed by atoms with Gasteiger partial charge < -0.3 is 11.1 Å². The Labute approximate surface area is 143 Å². The van der Waals surface area contributed by atoms with Gasteiger partial charge in [-0.05, 0) is 30.5 Å². The highest BCUT2D eigenvalue weighted by Crippen LogP contribution is 2.43. The molecule has 1 aromatic heterocycles. The zero-order valence-electron chi connectivity index (χ0n) is 11.6. The van der Waals surface area contributed by atoms with Gasteiger partial charge in [-0.1, -0.05) is 34.5 Å². The number of nitrogens with two attached hydrogens (primary N) is 1. The van der Waals surface area contributed by atoms with Crippen molar-refractivity contribution < 1.29 is 0 Å². The van der Waals surface area contributed by atoms with E-state index in [0.717, 1.165) is 17.6 Å². The maximum absolute atomic E-state index is 5.65. The lowest BCUT2D eigenvalue weighted by molar-refractivity contribution is 0.233. The number of thiazole rings is 1. The van der Waals surface area contributed by atoms with Gasteiger partial charge in [0, 0.05) is 34.1 Å². The molecule has 1 saturated carbocycles. The molecule has 1 aromatic carbocycles. The van der Waals surface area contributed by atoms with Crippen molar-refractivity contribution in [2.24, 2.45) is 0 Å². The Hall–Kier alpha value is -0.620. The maximum atomic E-state index is 5.65. The first-order valence-corrected chi connectivity index (χ1v) is 8.46. The summed E-state index contributed by atoms with van der Waals surface area (Å²) in [4.78, 5) is 5.29. The number of rotatable bonds is 5. The Balaban J connectivity index is 0.00000161. The van der Waals surface area contributed by atoms with E-state index < -0.39 is 0 Å². The van der Waals surface area contributed by atoms with Crippen molar-refractivity contribution in [2.75, 3.05) is 12.3 Å². The number of nitrogen functional groups attached to an aromatic ring is 1. The lowest BCUT2D eigenvalue weighted by Crippen LogP contribution is -2.43. The van der Waals surface area contributed by atoms with Gasteiger partial charge in [0.2, 0.25) is 0 Å². The van der Waals surface area contributed by atoms with E-state index in [1.807, 2.05) is 6.20 Å². The SMILES string of the molecule is Cl.Nc1ncc(CNCC2(c3ccc(Br)cc3)CCC2)s1. The van der Waals surface area contributed by atoms with Crippen LogP contribution >= 0.6 is 39.7 Å². The van der Waals surface area contributed by atoms with Crippen LogP contribution in [0.4, 0.5) is 5.13 Å². The van der Waals surface area contributed by atoms with Gasteiger partial charge in [0.15, 0.2) is 5.13 Å². The van der Waals surface area contributed by atoms with Crippen molar-refractivity contribution >= 4 is 44.8 Å². The Kier molecular flexibility index (Phi) is 5.66. The molecule has 3 rings (SSSR count). The lowest BCUT2D eigenvalue weighted by atomic mass is 9.64. The lowest BCUT2D eigenvalue weighted by Gasteiger charge is -2.43. The van der Waals surface area contributed by atoms with E-state index in [9.17, 15) is 0 Å². The normalized spacial score (nSPS) is 16.0. The largest absolute Gasteiger partial charge is 0.375 e. The number of aromatic nitrogens is 1. The third-order valence-electron chi connectivity index (χ3n) is 4.10. The molecule has 1 fully saturated rings. The van der Waals surface area contributed by atoms with Crippen LogP contribution in [0.5, 0.6) is 0 Å². The minimum atomic E-state index is 0. The summed E-state index contributed by atoms with van der Waals surface area (Å²) in [6.07, 6.45) is 5.73. The predicted octanol–water partition coefficient (Wildman–Crippen LogP) is 4.12. The molecule has 114 valence electrons. The molecule has 0 radical (unpaired) electrons. The van der Waals surface area contributed by atoms with Crippen molar-refractivity contribution in [3.63, 3.8) is 0 Å². The van der Waals surface area contributed by atoms with Gasteiger partial charge in [0.1, 0.15) is 0 Å². The van der Waals surface area contributed by atoms with Gasteiger partial charge >= 0.3 is 0 Å². The monoisotopic (exact) mass is 387 g/mol. The molecule has 6 heteroatoms. The van der Waals surface area contributed by atoms with E-state index in [0.29, 0.717) is 10.5 Å². The number of anilines is 1. The van der Waals surface area contributed by atoms with Gasteiger partial charge in [-0.3, -0.25) is 0 Å². The zero-order valence-corrected chi connectivity index (χ0v) is 14.9. The first kappa shape index (κ1) is 16.7. The summed E-state index contributed by atoms with van der Waals surface area (Å²) < 4.78 is 1.14. The average molecular weight is 389 g/mol. The summed E-state index contributed by atoms with van der Waals surface area (Å²) in [5.41, 5.74) is 7.42. The number of hydrogen-bond acceptors (Lipinski definition) is 4. The van der Waals surface area contributed by atoms with Crippen molar-refractivity contribution in [2.45, 2.75) is 31.2 Å². The second-order valence-electron chi connectivity index (χ2n) is 5.41. The van der Waals surface area contributed by atoms with Crippen LogP contribution in [0.25, 0.3) is 0 Å². The summed E-state index contributed by atoms with van der Waals surface area (Å²) in [6, 6.07) is 8.77. The Morgan fingerprint density at radius 3 is 2.52 bits per heavy atom. The molecule has 3 nitrogen and oxygen atoms in total. The molecular weight excluding hydrogens is 370 g/mol. The first-order valence-electron chi connectivity index (χ1n) is 6.85. The number of nitrogens with one attached hydrogen (secondary N) is 1. The minimum Gasteiger partial charge on any atom is -0.375 e. The molecule has 1 aliphatic carbocycles. The summed E-state index contributed by atoms with van der Waals surface area (Å²) in [5, 5.41) is 4.22. The number of nitrogens with zero attached hydrogens (tertiary/aromatic N) is 1. The summed E-state index contributed by atoms with van der Waals surface area (Å²) in [6.45, 7) is 1.87. The molecule has 0 amide bonds.